The zero-order valence-corrected chi connectivity index (χ0v) is 15.6. The van der Waals surface area contributed by atoms with Gasteiger partial charge in [0, 0.05) is 54.2 Å². The van der Waals surface area contributed by atoms with Crippen molar-refractivity contribution in [1.82, 2.24) is 24.4 Å². The minimum absolute atomic E-state index is 0.430. The summed E-state index contributed by atoms with van der Waals surface area (Å²) in [5.41, 5.74) is 3.68. The van der Waals surface area contributed by atoms with E-state index >= 15 is 0 Å². The van der Waals surface area contributed by atoms with E-state index in [1.807, 2.05) is 42.3 Å². The number of fused-ring (bicyclic) bond motifs is 1. The second-order valence-electron chi connectivity index (χ2n) is 7.01. The lowest BCUT2D eigenvalue weighted by Gasteiger charge is -2.29. The molecule has 0 amide bonds. The number of hydrogen-bond acceptors (Lipinski definition) is 5. The van der Waals surface area contributed by atoms with Crippen LogP contribution in [0.25, 0.3) is 22.2 Å². The first kappa shape index (κ1) is 17.3. The molecule has 0 spiro atoms. The maximum atomic E-state index is 5.26. The normalized spacial score (nSPS) is 16.6. The number of anilines is 1. The molecular formula is C20H23N7. The third kappa shape index (κ3) is 3.57. The average Bonchev–Trinajstić information content (AvgIpc) is 3.09. The Balaban J connectivity index is 1.60. The number of H-pyrrole nitrogens is 1. The second-order valence-corrected chi connectivity index (χ2v) is 7.01. The van der Waals surface area contributed by atoms with E-state index in [4.69, 9.17) is 6.42 Å². The molecule has 1 fully saturated rings. The first-order valence-electron chi connectivity index (χ1n) is 9.09. The average molecular weight is 361 g/mol. The molecular weight excluding hydrogens is 338 g/mol. The monoisotopic (exact) mass is 361 g/mol. The minimum Gasteiger partial charge on any atom is -0.351 e. The zero-order valence-electron chi connectivity index (χ0n) is 15.6. The number of aromatic nitrogens is 4. The van der Waals surface area contributed by atoms with Crippen LogP contribution < -0.4 is 10.8 Å². The predicted molar refractivity (Wildman–Crippen MR) is 107 cm³/mol. The van der Waals surface area contributed by atoms with Gasteiger partial charge in [0.25, 0.3) is 0 Å². The summed E-state index contributed by atoms with van der Waals surface area (Å²) in [7, 11) is 4.08. The van der Waals surface area contributed by atoms with Crippen molar-refractivity contribution in [3.63, 3.8) is 0 Å². The number of piperidine rings is 1. The number of rotatable bonds is 3. The summed E-state index contributed by atoms with van der Waals surface area (Å²) in [6.07, 6.45) is 13.3. The van der Waals surface area contributed by atoms with Crippen LogP contribution in [-0.2, 0) is 7.05 Å². The smallest absolute Gasteiger partial charge is 0.224 e. The first-order valence-corrected chi connectivity index (χ1v) is 9.09. The van der Waals surface area contributed by atoms with Crippen molar-refractivity contribution in [2.24, 2.45) is 12.0 Å². The molecule has 2 N–H and O–H groups in total. The standard InChI is InChI=1S/C20H23N7/c1-4-21-18-6-5-14(13-27(18)3)16-11-22-19-17(16)12-23-20(25-19)24-15-7-9-26(2)10-8-15/h1,5-6,11-13,15H,7-10H2,2-3H3,(H2,22,23,24,25)/b21-18-. The fourth-order valence-electron chi connectivity index (χ4n) is 3.49. The largest absolute Gasteiger partial charge is 0.351 e. The third-order valence-corrected chi connectivity index (χ3v) is 5.08. The highest BCUT2D eigenvalue weighted by Gasteiger charge is 2.17. The molecule has 0 saturated carbocycles. The highest BCUT2D eigenvalue weighted by atomic mass is 15.2. The van der Waals surface area contributed by atoms with Crippen molar-refractivity contribution in [3.05, 3.63) is 36.2 Å². The molecule has 7 heteroatoms. The molecule has 3 aromatic rings. The number of aromatic amines is 1. The Bertz CT molecular complexity index is 1060. The van der Waals surface area contributed by atoms with Gasteiger partial charge in [0.05, 0.1) is 0 Å². The molecule has 1 saturated heterocycles. The summed E-state index contributed by atoms with van der Waals surface area (Å²) in [6.45, 7) is 2.21. The summed E-state index contributed by atoms with van der Waals surface area (Å²) >= 11 is 0. The molecule has 1 aliphatic heterocycles. The van der Waals surface area contributed by atoms with Crippen LogP contribution >= 0.6 is 0 Å². The van der Waals surface area contributed by atoms with E-state index in [1.54, 1.807) is 0 Å². The van der Waals surface area contributed by atoms with Gasteiger partial charge in [-0.2, -0.15) is 9.98 Å². The maximum absolute atomic E-state index is 5.26. The van der Waals surface area contributed by atoms with E-state index in [9.17, 15) is 0 Å². The number of aryl methyl sites for hydroxylation is 1. The quantitative estimate of drug-likeness (QED) is 0.700. The zero-order chi connectivity index (χ0) is 18.8. The van der Waals surface area contributed by atoms with Gasteiger partial charge in [-0.05, 0) is 45.1 Å². The molecule has 4 heterocycles. The third-order valence-electron chi connectivity index (χ3n) is 5.08. The molecule has 0 aliphatic carbocycles. The Labute approximate surface area is 158 Å². The molecule has 3 aromatic heterocycles. The van der Waals surface area contributed by atoms with Gasteiger partial charge in [-0.25, -0.2) is 4.98 Å². The number of nitrogens with zero attached hydrogens (tertiary/aromatic N) is 5. The van der Waals surface area contributed by atoms with Crippen LogP contribution in [0.3, 0.4) is 0 Å². The topological polar surface area (TPSA) is 74.1 Å². The Kier molecular flexibility index (Phi) is 4.65. The number of pyridine rings is 1. The van der Waals surface area contributed by atoms with E-state index in [1.165, 1.54) is 0 Å². The van der Waals surface area contributed by atoms with Gasteiger partial charge in [-0.1, -0.05) is 6.42 Å². The van der Waals surface area contributed by atoms with Crippen molar-refractivity contribution in [2.45, 2.75) is 18.9 Å². The van der Waals surface area contributed by atoms with Crippen molar-refractivity contribution < 1.29 is 0 Å². The summed E-state index contributed by atoms with van der Waals surface area (Å²) in [5, 5.41) is 4.46. The van der Waals surface area contributed by atoms with E-state index < -0.39 is 0 Å². The number of hydrogen-bond donors (Lipinski definition) is 2. The van der Waals surface area contributed by atoms with E-state index in [2.05, 4.69) is 43.3 Å². The summed E-state index contributed by atoms with van der Waals surface area (Å²) in [6, 6.07) is 6.66. The van der Waals surface area contributed by atoms with Crippen molar-refractivity contribution >= 4 is 17.0 Å². The molecule has 0 radical (unpaired) electrons. The lowest BCUT2D eigenvalue weighted by atomic mass is 10.1. The number of likely N-dealkylation sites (tertiary alicyclic amines) is 1. The van der Waals surface area contributed by atoms with Crippen LogP contribution in [0.1, 0.15) is 12.8 Å². The van der Waals surface area contributed by atoms with Gasteiger partial charge in [0.1, 0.15) is 11.1 Å². The summed E-state index contributed by atoms with van der Waals surface area (Å²) in [5.74, 6) is 0.680. The van der Waals surface area contributed by atoms with E-state index in [-0.39, 0.29) is 0 Å². The summed E-state index contributed by atoms with van der Waals surface area (Å²) < 4.78 is 1.91. The predicted octanol–water partition coefficient (Wildman–Crippen LogP) is 1.96. The minimum atomic E-state index is 0.430. The highest BCUT2D eigenvalue weighted by molar-refractivity contribution is 5.93. The number of terminal acetylenes is 1. The van der Waals surface area contributed by atoms with E-state index in [0.29, 0.717) is 12.0 Å². The van der Waals surface area contributed by atoms with Crippen LogP contribution in [0.15, 0.2) is 35.7 Å². The van der Waals surface area contributed by atoms with Crippen LogP contribution in [0, 0.1) is 12.5 Å². The molecule has 27 heavy (non-hydrogen) atoms. The Morgan fingerprint density at radius 2 is 2.11 bits per heavy atom. The van der Waals surface area contributed by atoms with Gasteiger partial charge in [-0.15, -0.1) is 0 Å². The Morgan fingerprint density at radius 3 is 2.85 bits per heavy atom. The molecule has 0 unspecified atom stereocenters. The van der Waals surface area contributed by atoms with Crippen molar-refractivity contribution in [2.75, 3.05) is 25.5 Å². The molecule has 0 bridgehead atoms. The summed E-state index contributed by atoms with van der Waals surface area (Å²) in [4.78, 5) is 18.8. The van der Waals surface area contributed by atoms with Gasteiger partial charge >= 0.3 is 0 Å². The van der Waals surface area contributed by atoms with E-state index in [0.717, 1.165) is 53.6 Å². The fraction of sp³-hybridized carbons (Fsp3) is 0.350. The fourth-order valence-corrected chi connectivity index (χ4v) is 3.49. The molecule has 7 nitrogen and oxygen atoms in total. The Morgan fingerprint density at radius 1 is 1.30 bits per heavy atom. The lowest BCUT2D eigenvalue weighted by molar-refractivity contribution is 0.263. The maximum Gasteiger partial charge on any atom is 0.224 e. The van der Waals surface area contributed by atoms with Gasteiger partial charge in [-0.3, -0.25) is 0 Å². The van der Waals surface area contributed by atoms with Gasteiger partial charge < -0.3 is 19.8 Å². The van der Waals surface area contributed by atoms with Crippen LogP contribution in [0.4, 0.5) is 5.95 Å². The van der Waals surface area contributed by atoms with Crippen molar-refractivity contribution in [3.8, 4) is 23.6 Å². The highest BCUT2D eigenvalue weighted by Crippen LogP contribution is 2.27. The van der Waals surface area contributed by atoms with Crippen LogP contribution in [0.2, 0.25) is 0 Å². The molecule has 0 atom stereocenters. The number of nitrogens with one attached hydrogen (secondary N) is 2. The second kappa shape index (κ2) is 7.25. The molecule has 4 rings (SSSR count). The molecule has 0 aromatic carbocycles. The van der Waals surface area contributed by atoms with Crippen LogP contribution in [-0.4, -0.2) is 50.6 Å². The Hall–Kier alpha value is -3.11. The van der Waals surface area contributed by atoms with Crippen LogP contribution in [0.5, 0.6) is 0 Å². The van der Waals surface area contributed by atoms with Crippen molar-refractivity contribution in [1.29, 1.82) is 0 Å². The van der Waals surface area contributed by atoms with Gasteiger partial charge in [0.15, 0.2) is 0 Å². The van der Waals surface area contributed by atoms with Gasteiger partial charge in [0.2, 0.25) is 5.95 Å². The molecule has 1 aliphatic rings. The molecule has 138 valence electrons. The lowest BCUT2D eigenvalue weighted by Crippen LogP contribution is -2.37. The first-order chi connectivity index (χ1) is 13.1. The SMILES string of the molecule is C#C/N=c1/ccc(-c2c[nH]c3nc(NC4CCN(C)CC4)ncc23)cn1C.